The third kappa shape index (κ3) is 3.31. The molecule has 0 saturated heterocycles. The summed E-state index contributed by atoms with van der Waals surface area (Å²) in [7, 11) is 0. The molecular weight excluding hydrogens is 272 g/mol. The minimum absolute atomic E-state index is 0.129. The van der Waals surface area contributed by atoms with Crippen LogP contribution in [0.25, 0.3) is 0 Å². The second-order valence-corrected chi connectivity index (χ2v) is 6.70. The van der Waals surface area contributed by atoms with Gasteiger partial charge in [0.2, 0.25) is 0 Å². The van der Waals surface area contributed by atoms with Crippen LogP contribution >= 0.6 is 0 Å². The van der Waals surface area contributed by atoms with Gasteiger partial charge in [0.15, 0.2) is 6.29 Å². The van der Waals surface area contributed by atoms with Crippen LogP contribution in [0.15, 0.2) is 18.2 Å². The number of hydrogen-bond donors (Lipinski definition) is 1. The Balaban J connectivity index is 1.56. The number of rotatable bonds is 4. The number of carbonyl (C=O) groups is 1. The zero-order valence-electron chi connectivity index (χ0n) is 12.2. The molecule has 2 unspecified atom stereocenters. The number of alkyl halides is 1. The van der Waals surface area contributed by atoms with E-state index in [-0.39, 0.29) is 5.56 Å². The predicted octanol–water partition coefficient (Wildman–Crippen LogP) is 3.75. The van der Waals surface area contributed by atoms with E-state index in [0.717, 1.165) is 24.8 Å². The van der Waals surface area contributed by atoms with Crippen LogP contribution in [0.1, 0.15) is 60.9 Å². The largest absolute Gasteiger partial charge is 0.311 e. The maximum atomic E-state index is 13.8. The van der Waals surface area contributed by atoms with E-state index in [1.165, 1.54) is 6.07 Å². The molecule has 3 rings (SSSR count). The molecule has 1 N–H and O–H groups in total. The van der Waals surface area contributed by atoms with Crippen molar-refractivity contribution in [2.45, 2.75) is 62.7 Å². The van der Waals surface area contributed by atoms with Crippen molar-refractivity contribution >= 4 is 6.29 Å². The molecule has 21 heavy (non-hydrogen) atoms. The standard InChI is InChI=1S/C17H21F2NO/c1-17(19)6-4-13(5-7-17)20-16-9-14(16)11-2-3-15(18)12(8-11)10-21/h2-3,8,10,13-14,16,20H,4-7,9H2,1H3. The van der Waals surface area contributed by atoms with Crippen molar-refractivity contribution in [2.75, 3.05) is 0 Å². The molecule has 1 aromatic carbocycles. The van der Waals surface area contributed by atoms with Crippen molar-refractivity contribution in [3.8, 4) is 0 Å². The summed E-state index contributed by atoms with van der Waals surface area (Å²) < 4.78 is 27.1. The van der Waals surface area contributed by atoms with Crippen LogP contribution in [-0.4, -0.2) is 24.0 Å². The maximum absolute atomic E-state index is 13.8. The Bertz CT molecular complexity index is 534. The second kappa shape index (κ2) is 5.48. The lowest BCUT2D eigenvalue weighted by atomic mass is 9.85. The first-order chi connectivity index (χ1) is 9.98. The van der Waals surface area contributed by atoms with Gasteiger partial charge in [0, 0.05) is 18.0 Å². The fourth-order valence-electron chi connectivity index (χ4n) is 3.32. The molecule has 2 aliphatic rings. The first-order valence-electron chi connectivity index (χ1n) is 7.68. The summed E-state index contributed by atoms with van der Waals surface area (Å²) in [5.74, 6) is -0.114. The summed E-state index contributed by atoms with van der Waals surface area (Å²) in [5, 5.41) is 3.58. The smallest absolute Gasteiger partial charge is 0.153 e. The van der Waals surface area contributed by atoms with Crippen LogP contribution in [0.2, 0.25) is 0 Å². The molecule has 1 aromatic rings. The van der Waals surface area contributed by atoms with Gasteiger partial charge in [-0.2, -0.15) is 0 Å². The molecule has 0 aromatic heterocycles. The van der Waals surface area contributed by atoms with Crippen LogP contribution in [0, 0.1) is 5.82 Å². The number of nitrogens with one attached hydrogen (secondary N) is 1. The number of benzene rings is 1. The van der Waals surface area contributed by atoms with Gasteiger partial charge in [0.1, 0.15) is 11.5 Å². The van der Waals surface area contributed by atoms with E-state index in [2.05, 4.69) is 5.32 Å². The second-order valence-electron chi connectivity index (χ2n) is 6.70. The first kappa shape index (κ1) is 14.6. The molecule has 4 heteroatoms. The van der Waals surface area contributed by atoms with Crippen LogP contribution in [0.4, 0.5) is 8.78 Å². The van der Waals surface area contributed by atoms with E-state index in [9.17, 15) is 13.6 Å². The Hall–Kier alpha value is -1.29. The highest BCUT2D eigenvalue weighted by Gasteiger charge is 2.41. The summed E-state index contributed by atoms with van der Waals surface area (Å²) in [6, 6.07) is 5.53. The summed E-state index contributed by atoms with van der Waals surface area (Å²) in [4.78, 5) is 10.8. The van der Waals surface area contributed by atoms with E-state index in [1.54, 1.807) is 19.1 Å². The van der Waals surface area contributed by atoms with Crippen molar-refractivity contribution < 1.29 is 13.6 Å². The lowest BCUT2D eigenvalue weighted by Gasteiger charge is -2.31. The van der Waals surface area contributed by atoms with E-state index in [0.29, 0.717) is 37.1 Å². The van der Waals surface area contributed by atoms with Gasteiger partial charge in [0.25, 0.3) is 0 Å². The normalized spacial score (nSPS) is 35.5. The Kier molecular flexibility index (Phi) is 3.82. The van der Waals surface area contributed by atoms with Crippen molar-refractivity contribution in [2.24, 2.45) is 0 Å². The third-order valence-electron chi connectivity index (χ3n) is 4.84. The predicted molar refractivity (Wildman–Crippen MR) is 77.8 cm³/mol. The lowest BCUT2D eigenvalue weighted by Crippen LogP contribution is -2.39. The summed E-state index contributed by atoms with van der Waals surface area (Å²) in [6.45, 7) is 1.68. The van der Waals surface area contributed by atoms with Crippen molar-refractivity contribution in [3.63, 3.8) is 0 Å². The molecule has 0 amide bonds. The molecule has 2 saturated carbocycles. The van der Waals surface area contributed by atoms with Crippen molar-refractivity contribution in [3.05, 3.63) is 35.1 Å². The molecular formula is C17H21F2NO. The fraction of sp³-hybridized carbons (Fsp3) is 0.588. The minimum atomic E-state index is -1.00. The van der Waals surface area contributed by atoms with Gasteiger partial charge in [-0.3, -0.25) is 4.79 Å². The topological polar surface area (TPSA) is 29.1 Å². The molecule has 2 aliphatic carbocycles. The van der Waals surface area contributed by atoms with E-state index < -0.39 is 11.5 Å². The highest BCUT2D eigenvalue weighted by atomic mass is 19.1. The Labute approximate surface area is 123 Å². The quantitative estimate of drug-likeness (QED) is 0.857. The highest BCUT2D eigenvalue weighted by molar-refractivity contribution is 5.75. The molecule has 0 heterocycles. The SMILES string of the molecule is CC1(F)CCC(NC2CC2c2ccc(F)c(C=O)c2)CC1. The van der Waals surface area contributed by atoms with E-state index >= 15 is 0 Å². The van der Waals surface area contributed by atoms with E-state index in [1.807, 2.05) is 0 Å². The summed E-state index contributed by atoms with van der Waals surface area (Å²) in [5.41, 5.74) is 0.142. The van der Waals surface area contributed by atoms with E-state index in [4.69, 9.17) is 0 Å². The average Bonchev–Trinajstić information content (AvgIpc) is 3.21. The van der Waals surface area contributed by atoms with Gasteiger partial charge < -0.3 is 5.32 Å². The third-order valence-corrected chi connectivity index (χ3v) is 4.84. The number of halogens is 2. The van der Waals surface area contributed by atoms with Gasteiger partial charge >= 0.3 is 0 Å². The van der Waals surface area contributed by atoms with Crippen LogP contribution in [0.5, 0.6) is 0 Å². The minimum Gasteiger partial charge on any atom is -0.311 e. The van der Waals surface area contributed by atoms with Gasteiger partial charge in [0.05, 0.1) is 5.56 Å². The van der Waals surface area contributed by atoms with Gasteiger partial charge in [-0.15, -0.1) is 0 Å². The molecule has 0 spiro atoms. The molecule has 114 valence electrons. The monoisotopic (exact) mass is 293 g/mol. The number of carbonyl (C=O) groups excluding carboxylic acids is 1. The number of hydrogen-bond acceptors (Lipinski definition) is 2. The zero-order chi connectivity index (χ0) is 15.0. The Morgan fingerprint density at radius 3 is 2.71 bits per heavy atom. The molecule has 0 aliphatic heterocycles. The Morgan fingerprint density at radius 1 is 1.33 bits per heavy atom. The van der Waals surface area contributed by atoms with Gasteiger partial charge in [-0.1, -0.05) is 6.07 Å². The van der Waals surface area contributed by atoms with Crippen LogP contribution in [0.3, 0.4) is 0 Å². The first-order valence-corrected chi connectivity index (χ1v) is 7.68. The average molecular weight is 293 g/mol. The van der Waals surface area contributed by atoms with Crippen LogP contribution < -0.4 is 5.32 Å². The molecule has 0 bridgehead atoms. The molecule has 2 nitrogen and oxygen atoms in total. The zero-order valence-corrected chi connectivity index (χ0v) is 12.2. The molecule has 2 fully saturated rings. The summed E-state index contributed by atoms with van der Waals surface area (Å²) >= 11 is 0. The Morgan fingerprint density at radius 2 is 2.05 bits per heavy atom. The van der Waals surface area contributed by atoms with Crippen LogP contribution in [-0.2, 0) is 0 Å². The fourth-order valence-corrected chi connectivity index (χ4v) is 3.32. The molecule has 0 radical (unpaired) electrons. The van der Waals surface area contributed by atoms with Crippen molar-refractivity contribution in [1.82, 2.24) is 5.32 Å². The summed E-state index contributed by atoms with van der Waals surface area (Å²) in [6.07, 6.45) is 4.56. The maximum Gasteiger partial charge on any atom is 0.153 e. The lowest BCUT2D eigenvalue weighted by molar-refractivity contribution is 0.111. The molecule has 2 atom stereocenters. The highest BCUT2D eigenvalue weighted by Crippen LogP contribution is 2.42. The number of aldehydes is 1. The van der Waals surface area contributed by atoms with Gasteiger partial charge in [-0.05, 0) is 56.7 Å². The van der Waals surface area contributed by atoms with Gasteiger partial charge in [-0.25, -0.2) is 8.78 Å². The van der Waals surface area contributed by atoms with Crippen molar-refractivity contribution in [1.29, 1.82) is 0 Å².